The van der Waals surface area contributed by atoms with Crippen LogP contribution in [0.1, 0.15) is 4.88 Å². The molecule has 0 atom stereocenters. The number of aromatic nitrogens is 1. The molecule has 174 valence electrons. The average Bonchev–Trinajstić information content (AvgIpc) is 3.54. The number of carbonyl (C=O) groups excluding carboxylic acids is 1. The van der Waals surface area contributed by atoms with E-state index in [9.17, 15) is 18.3 Å². The second-order valence-corrected chi connectivity index (χ2v) is 11.4. The lowest BCUT2D eigenvalue weighted by molar-refractivity contribution is -0.113. The highest BCUT2D eigenvalue weighted by molar-refractivity contribution is 7.89. The summed E-state index contributed by atoms with van der Waals surface area (Å²) < 4.78 is 37.7. The maximum absolute atomic E-state index is 12.9. The van der Waals surface area contributed by atoms with E-state index in [0.29, 0.717) is 17.2 Å². The van der Waals surface area contributed by atoms with Crippen LogP contribution in [0, 0.1) is 0 Å². The van der Waals surface area contributed by atoms with Crippen LogP contribution in [0.25, 0.3) is 17.2 Å². The number of rotatable bonds is 5. The number of anilines is 1. The number of amides is 1. The molecule has 0 fully saturated rings. The van der Waals surface area contributed by atoms with E-state index >= 15 is 0 Å². The van der Waals surface area contributed by atoms with Crippen molar-refractivity contribution >= 4 is 61.1 Å². The van der Waals surface area contributed by atoms with Crippen molar-refractivity contribution in [3.05, 3.63) is 68.8 Å². The Morgan fingerprint density at radius 3 is 2.76 bits per heavy atom. The van der Waals surface area contributed by atoms with E-state index < -0.39 is 27.4 Å². The highest BCUT2D eigenvalue weighted by atomic mass is 35.5. The van der Waals surface area contributed by atoms with Gasteiger partial charge in [-0.2, -0.15) is 0 Å². The second kappa shape index (κ2) is 8.47. The van der Waals surface area contributed by atoms with Crippen LogP contribution in [0.3, 0.4) is 0 Å². The van der Waals surface area contributed by atoms with Crippen molar-refractivity contribution in [2.75, 3.05) is 12.4 Å². The van der Waals surface area contributed by atoms with Gasteiger partial charge in [-0.15, -0.1) is 22.7 Å². The van der Waals surface area contributed by atoms with Gasteiger partial charge in [0, 0.05) is 18.5 Å². The smallest absolute Gasteiger partial charge is 0.290 e. The molecule has 4 aromatic rings. The van der Waals surface area contributed by atoms with Gasteiger partial charge < -0.3 is 14.3 Å². The third kappa shape index (κ3) is 3.94. The number of furan rings is 1. The molecule has 9 nitrogen and oxygen atoms in total. The molecular weight excluding hydrogens is 522 g/mol. The van der Waals surface area contributed by atoms with Crippen LogP contribution in [0.4, 0.5) is 5.13 Å². The van der Waals surface area contributed by atoms with Gasteiger partial charge in [0.1, 0.15) is 16.3 Å². The summed E-state index contributed by atoms with van der Waals surface area (Å²) in [6, 6.07) is 13.7. The highest BCUT2D eigenvalue weighted by Gasteiger charge is 2.39. The van der Waals surface area contributed by atoms with Crippen LogP contribution in [0.15, 0.2) is 68.9 Å². The van der Waals surface area contributed by atoms with Gasteiger partial charge in [-0.3, -0.25) is 14.4 Å². The van der Waals surface area contributed by atoms with Crippen LogP contribution in [-0.2, 0) is 14.8 Å². The van der Waals surface area contributed by atoms with Crippen molar-refractivity contribution in [1.29, 1.82) is 0 Å². The van der Waals surface area contributed by atoms with Crippen molar-refractivity contribution in [3.63, 3.8) is 0 Å². The average molecular weight is 536 g/mol. The molecule has 3 aromatic heterocycles. The Morgan fingerprint density at radius 1 is 1.24 bits per heavy atom. The number of aliphatic hydroxyl groups is 1. The number of hydrogen-bond donors (Lipinski definition) is 2. The van der Waals surface area contributed by atoms with Gasteiger partial charge >= 0.3 is 0 Å². The number of thiazole rings is 1. The first-order valence-electron chi connectivity index (χ1n) is 9.56. The van der Waals surface area contributed by atoms with E-state index in [1.54, 1.807) is 29.6 Å². The van der Waals surface area contributed by atoms with Gasteiger partial charge in [0.25, 0.3) is 21.9 Å². The summed E-state index contributed by atoms with van der Waals surface area (Å²) >= 11 is 7.91. The second-order valence-electron chi connectivity index (χ2n) is 6.94. The van der Waals surface area contributed by atoms with Gasteiger partial charge in [0.05, 0.1) is 9.21 Å². The van der Waals surface area contributed by atoms with Crippen molar-refractivity contribution < 1.29 is 27.5 Å². The molecule has 13 heteroatoms. The lowest BCUT2D eigenvalue weighted by atomic mass is 10.3. The molecule has 0 saturated heterocycles. The quantitative estimate of drug-likeness (QED) is 0.350. The molecule has 0 spiro atoms. The Bertz CT molecular complexity index is 1540. The summed E-state index contributed by atoms with van der Waals surface area (Å²) in [5, 5.41) is 15.0. The minimum Gasteiger partial charge on any atom is -0.504 e. The molecule has 0 bridgehead atoms. The molecule has 1 aliphatic heterocycles. The zero-order chi connectivity index (χ0) is 24.0. The molecule has 0 saturated carbocycles. The maximum atomic E-state index is 12.9. The molecule has 0 unspecified atom stereocenters. The topological polar surface area (TPSA) is 122 Å². The molecule has 1 amide bonds. The number of carbonyl (C=O) groups is 1. The molecule has 1 aliphatic rings. The van der Waals surface area contributed by atoms with Crippen LogP contribution < -0.4 is 10.1 Å². The third-order valence-corrected chi connectivity index (χ3v) is 8.73. The summed E-state index contributed by atoms with van der Waals surface area (Å²) in [4.78, 5) is 17.1. The van der Waals surface area contributed by atoms with Crippen LogP contribution in [0.2, 0.25) is 4.34 Å². The Morgan fingerprint density at radius 2 is 2.00 bits per heavy atom. The Balaban J connectivity index is 1.37. The highest BCUT2D eigenvalue weighted by Crippen LogP contribution is 2.42. The normalized spacial score (nSPS) is 14.7. The molecular formula is C21H14ClN3O6S3. The number of halogens is 1. The molecule has 0 aliphatic carbocycles. The molecule has 2 N–H and O–H groups in total. The van der Waals surface area contributed by atoms with E-state index in [4.69, 9.17) is 20.8 Å². The number of nitrogens with one attached hydrogen (secondary N) is 1. The summed E-state index contributed by atoms with van der Waals surface area (Å²) in [6.07, 6.45) is 0. The van der Waals surface area contributed by atoms with Crippen LogP contribution in [-0.4, -0.2) is 35.8 Å². The number of thiophene rings is 1. The zero-order valence-corrected chi connectivity index (χ0v) is 20.4. The van der Waals surface area contributed by atoms with Gasteiger partial charge in [0.2, 0.25) is 0 Å². The van der Waals surface area contributed by atoms with E-state index in [-0.39, 0.29) is 25.2 Å². The molecule has 34 heavy (non-hydrogen) atoms. The van der Waals surface area contributed by atoms with E-state index in [1.165, 1.54) is 13.1 Å². The summed E-state index contributed by atoms with van der Waals surface area (Å²) in [6.45, 7) is 0. The van der Waals surface area contributed by atoms with Gasteiger partial charge in [-0.25, -0.2) is 13.4 Å². The van der Waals surface area contributed by atoms with Gasteiger partial charge in [-0.1, -0.05) is 29.8 Å². The number of likely N-dealkylation sites (N-methyl/N-ethyl adjacent to an activating group) is 1. The number of para-hydroxylation sites is 1. The van der Waals surface area contributed by atoms with E-state index in [0.717, 1.165) is 27.0 Å². The van der Waals surface area contributed by atoms with E-state index in [1.807, 2.05) is 18.2 Å². The number of hydrogen-bond acceptors (Lipinski definition) is 9. The summed E-state index contributed by atoms with van der Waals surface area (Å²) in [7, 11) is -2.87. The van der Waals surface area contributed by atoms with Gasteiger partial charge in [0.15, 0.2) is 22.3 Å². The fraction of sp³-hybridized carbons (Fsp3) is 0.0476. The Kier molecular flexibility index (Phi) is 5.60. The zero-order valence-electron chi connectivity index (χ0n) is 17.2. The van der Waals surface area contributed by atoms with Gasteiger partial charge in [-0.05, 0) is 24.3 Å². The first kappa shape index (κ1) is 22.5. The number of benzene rings is 1. The first-order chi connectivity index (χ1) is 16.2. The molecule has 0 radical (unpaired) electrons. The van der Waals surface area contributed by atoms with Crippen molar-refractivity contribution in [2.45, 2.75) is 4.90 Å². The molecule has 1 aromatic carbocycles. The third-order valence-electron chi connectivity index (χ3n) is 4.80. The molecule has 5 rings (SSSR count). The van der Waals surface area contributed by atoms with Crippen molar-refractivity contribution in [3.8, 4) is 23.1 Å². The summed E-state index contributed by atoms with van der Waals surface area (Å²) in [5.41, 5.74) is 0.0117. The predicted molar refractivity (Wildman–Crippen MR) is 129 cm³/mol. The fourth-order valence-corrected chi connectivity index (χ4v) is 6.84. The SMILES string of the molecule is CN1C(C(=O)Nc2nc(-c3ccc(Oc4ccccc4)o3)cs2)=C(O)c2sc(Cl)cc2S1(=O)=O. The first-order valence-corrected chi connectivity index (χ1v) is 13.1. The number of sulfonamides is 1. The lowest BCUT2D eigenvalue weighted by Crippen LogP contribution is -2.36. The van der Waals surface area contributed by atoms with Crippen molar-refractivity contribution in [2.24, 2.45) is 0 Å². The monoisotopic (exact) mass is 535 g/mol. The largest absolute Gasteiger partial charge is 0.504 e. The number of aliphatic hydroxyl groups excluding tert-OH is 1. The van der Waals surface area contributed by atoms with Crippen LogP contribution in [0.5, 0.6) is 11.7 Å². The minimum atomic E-state index is -4.05. The fourth-order valence-electron chi connectivity index (χ4n) is 3.20. The standard InChI is InChI=1S/C21H14ClN3O6S3/c1-25-17(18(26)19-14(34(25,28)29)9-15(22)33-19)20(27)24-21-23-12(10-32-21)13-7-8-16(31-13)30-11-5-3-2-4-6-11/h2-10,26H,1H3,(H,23,24,27). The van der Waals surface area contributed by atoms with Crippen molar-refractivity contribution in [1.82, 2.24) is 9.29 Å². The lowest BCUT2D eigenvalue weighted by Gasteiger charge is -2.26. The number of fused-ring (bicyclic) bond motifs is 1. The van der Waals surface area contributed by atoms with E-state index in [2.05, 4.69) is 10.3 Å². The predicted octanol–water partition coefficient (Wildman–Crippen LogP) is 5.41. The summed E-state index contributed by atoms with van der Waals surface area (Å²) in [5.74, 6) is -0.0156. The maximum Gasteiger partial charge on any atom is 0.290 e. The minimum absolute atomic E-state index is 0.00890. The number of ether oxygens (including phenoxy) is 1. The Labute approximate surface area is 206 Å². The molecule has 4 heterocycles. The number of nitrogens with zero attached hydrogens (tertiary/aromatic N) is 2. The van der Waals surface area contributed by atoms with Crippen LogP contribution >= 0.6 is 34.3 Å². The Hall–Kier alpha value is -3.32.